The summed E-state index contributed by atoms with van der Waals surface area (Å²) in [5, 5.41) is 19.5. The van der Waals surface area contributed by atoms with E-state index in [1.165, 1.54) is 0 Å². The normalized spacial score (nSPS) is 14.4. The van der Waals surface area contributed by atoms with Gasteiger partial charge in [0, 0.05) is 11.1 Å². The van der Waals surface area contributed by atoms with Gasteiger partial charge in [-0.3, -0.25) is 4.79 Å². The molecular formula is C14H17ClN2O3. The van der Waals surface area contributed by atoms with Gasteiger partial charge in [-0.2, -0.15) is 0 Å². The summed E-state index contributed by atoms with van der Waals surface area (Å²) < 4.78 is 1.89. The van der Waals surface area contributed by atoms with Gasteiger partial charge in [-0.25, -0.2) is 4.98 Å². The number of carbonyl (C=O) groups is 1. The predicted octanol–water partition coefficient (Wildman–Crippen LogP) is 3.17. The number of carboxylic acid groups (broad SMARTS) is 1. The van der Waals surface area contributed by atoms with Gasteiger partial charge in [0.05, 0.1) is 17.5 Å². The van der Waals surface area contributed by atoms with Gasteiger partial charge in [0.15, 0.2) is 0 Å². The van der Waals surface area contributed by atoms with Crippen molar-refractivity contribution in [2.75, 3.05) is 0 Å². The third-order valence-electron chi connectivity index (χ3n) is 3.38. The summed E-state index contributed by atoms with van der Waals surface area (Å²) >= 11 is 5.95. The number of halogens is 1. The summed E-state index contributed by atoms with van der Waals surface area (Å²) in [5.74, 6) is -0.683. The Labute approximate surface area is 121 Å². The van der Waals surface area contributed by atoms with Gasteiger partial charge in [-0.05, 0) is 31.5 Å². The summed E-state index contributed by atoms with van der Waals surface area (Å²) in [5.41, 5.74) is 1.51. The van der Waals surface area contributed by atoms with Crippen LogP contribution in [-0.2, 0) is 4.79 Å². The second-order valence-corrected chi connectivity index (χ2v) is 5.28. The maximum atomic E-state index is 10.8. The molecule has 0 unspecified atom stereocenters. The monoisotopic (exact) mass is 296 g/mol. The quantitative estimate of drug-likeness (QED) is 0.888. The molecule has 20 heavy (non-hydrogen) atoms. The fraction of sp³-hybridized carbons (Fsp3) is 0.429. The largest absolute Gasteiger partial charge is 0.481 e. The smallest absolute Gasteiger partial charge is 0.306 e. The van der Waals surface area contributed by atoms with E-state index in [4.69, 9.17) is 16.7 Å². The average Bonchev–Trinajstić information content (AvgIpc) is 2.75. The molecule has 5 nitrogen and oxygen atoms in total. The van der Waals surface area contributed by atoms with Crippen LogP contribution in [0.15, 0.2) is 18.2 Å². The second-order valence-electron chi connectivity index (χ2n) is 4.84. The highest BCUT2D eigenvalue weighted by atomic mass is 35.5. The molecule has 2 aromatic rings. The molecule has 0 radical (unpaired) electrons. The first kappa shape index (κ1) is 14.8. The Bertz CT molecular complexity index is 639. The number of aliphatic carboxylic acids is 1. The van der Waals surface area contributed by atoms with E-state index in [0.29, 0.717) is 16.4 Å². The molecule has 0 aliphatic heterocycles. The average molecular weight is 297 g/mol. The molecule has 2 rings (SSSR count). The topological polar surface area (TPSA) is 75.4 Å². The van der Waals surface area contributed by atoms with Gasteiger partial charge in [0.25, 0.3) is 0 Å². The van der Waals surface area contributed by atoms with Crippen LogP contribution in [-0.4, -0.2) is 25.7 Å². The molecule has 1 aromatic heterocycles. The van der Waals surface area contributed by atoms with Gasteiger partial charge in [-0.15, -0.1) is 0 Å². The van der Waals surface area contributed by atoms with Crippen LogP contribution in [0, 0.1) is 0 Å². The van der Waals surface area contributed by atoms with E-state index in [2.05, 4.69) is 4.98 Å². The number of imidazole rings is 1. The summed E-state index contributed by atoms with van der Waals surface area (Å²) in [4.78, 5) is 15.1. The van der Waals surface area contributed by atoms with Crippen LogP contribution in [0.4, 0.5) is 0 Å². The Morgan fingerprint density at radius 1 is 1.50 bits per heavy atom. The summed E-state index contributed by atoms with van der Waals surface area (Å²) in [7, 11) is 0. The Morgan fingerprint density at radius 2 is 2.20 bits per heavy atom. The van der Waals surface area contributed by atoms with Crippen LogP contribution in [0.2, 0.25) is 5.02 Å². The number of hydrogen-bond donors (Lipinski definition) is 2. The number of benzene rings is 1. The zero-order chi connectivity index (χ0) is 14.9. The molecule has 1 heterocycles. The zero-order valence-corrected chi connectivity index (χ0v) is 12.1. The van der Waals surface area contributed by atoms with Crippen molar-refractivity contribution < 1.29 is 15.0 Å². The van der Waals surface area contributed by atoms with Crippen LogP contribution < -0.4 is 0 Å². The maximum Gasteiger partial charge on any atom is 0.306 e. The minimum Gasteiger partial charge on any atom is -0.481 e. The van der Waals surface area contributed by atoms with Crippen molar-refractivity contribution in [2.24, 2.45) is 0 Å². The zero-order valence-electron chi connectivity index (χ0n) is 11.4. The third kappa shape index (κ3) is 2.78. The van der Waals surface area contributed by atoms with E-state index in [0.717, 1.165) is 11.9 Å². The van der Waals surface area contributed by atoms with Crippen molar-refractivity contribution in [1.82, 2.24) is 9.55 Å². The highest BCUT2D eigenvalue weighted by Gasteiger charge is 2.22. The van der Waals surface area contributed by atoms with Gasteiger partial charge < -0.3 is 14.8 Å². The van der Waals surface area contributed by atoms with Crippen LogP contribution in [0.1, 0.15) is 44.7 Å². The Kier molecular flexibility index (Phi) is 4.30. The molecule has 2 atom stereocenters. The lowest BCUT2D eigenvalue weighted by Gasteiger charge is -2.18. The minimum absolute atomic E-state index is 0.111. The van der Waals surface area contributed by atoms with E-state index in [-0.39, 0.29) is 12.5 Å². The molecule has 0 fully saturated rings. The van der Waals surface area contributed by atoms with E-state index in [9.17, 15) is 9.90 Å². The van der Waals surface area contributed by atoms with Crippen molar-refractivity contribution in [1.29, 1.82) is 0 Å². The number of nitrogens with zero attached hydrogens (tertiary/aromatic N) is 2. The Hall–Kier alpha value is -1.59. The molecule has 108 valence electrons. The van der Waals surface area contributed by atoms with Gasteiger partial charge >= 0.3 is 5.97 Å². The van der Waals surface area contributed by atoms with Crippen molar-refractivity contribution in [3.8, 4) is 0 Å². The molecule has 2 N–H and O–H groups in total. The van der Waals surface area contributed by atoms with E-state index >= 15 is 0 Å². The molecule has 6 heteroatoms. The first-order valence-corrected chi connectivity index (χ1v) is 6.89. The molecule has 0 saturated carbocycles. The predicted molar refractivity (Wildman–Crippen MR) is 77.0 cm³/mol. The van der Waals surface area contributed by atoms with E-state index in [1.807, 2.05) is 24.5 Å². The molecule has 0 saturated heterocycles. The first-order chi connectivity index (χ1) is 9.43. The second kappa shape index (κ2) is 5.81. The fourth-order valence-electron chi connectivity index (χ4n) is 2.23. The lowest BCUT2D eigenvalue weighted by atomic mass is 10.2. The lowest BCUT2D eigenvalue weighted by Crippen LogP contribution is -2.15. The SMILES string of the molecule is CC[C@H](C)n1c([C@@H](O)CC(=O)O)nc2cc(Cl)ccc21. The van der Waals surface area contributed by atoms with Gasteiger partial charge in [0.2, 0.25) is 0 Å². The number of carboxylic acids is 1. The van der Waals surface area contributed by atoms with E-state index < -0.39 is 12.1 Å². The highest BCUT2D eigenvalue weighted by Crippen LogP contribution is 2.29. The molecule has 1 aromatic carbocycles. The van der Waals surface area contributed by atoms with E-state index in [1.54, 1.807) is 12.1 Å². The number of aromatic nitrogens is 2. The number of aliphatic hydroxyl groups excluding tert-OH is 1. The lowest BCUT2D eigenvalue weighted by molar-refractivity contribution is -0.139. The highest BCUT2D eigenvalue weighted by molar-refractivity contribution is 6.31. The minimum atomic E-state index is -1.13. The summed E-state index contributed by atoms with van der Waals surface area (Å²) in [6.07, 6.45) is -0.651. The Balaban J connectivity index is 2.59. The molecule has 0 aliphatic rings. The van der Waals surface area contributed by atoms with Gasteiger partial charge in [-0.1, -0.05) is 18.5 Å². The van der Waals surface area contributed by atoms with Gasteiger partial charge in [0.1, 0.15) is 11.9 Å². The third-order valence-corrected chi connectivity index (χ3v) is 3.61. The summed E-state index contributed by atoms with van der Waals surface area (Å²) in [6, 6.07) is 5.43. The molecule has 0 amide bonds. The first-order valence-electron chi connectivity index (χ1n) is 6.51. The number of aliphatic hydroxyl groups is 1. The van der Waals surface area contributed by atoms with Crippen LogP contribution in [0.5, 0.6) is 0 Å². The number of fused-ring (bicyclic) bond motifs is 1. The fourth-order valence-corrected chi connectivity index (χ4v) is 2.39. The molecule has 0 aliphatic carbocycles. The molecule has 0 bridgehead atoms. The molecular weight excluding hydrogens is 280 g/mol. The maximum absolute atomic E-state index is 10.8. The van der Waals surface area contributed by atoms with Crippen molar-refractivity contribution in [3.63, 3.8) is 0 Å². The number of rotatable bonds is 5. The van der Waals surface area contributed by atoms with Crippen LogP contribution in [0.3, 0.4) is 0 Å². The van der Waals surface area contributed by atoms with Crippen LogP contribution >= 0.6 is 11.6 Å². The molecule has 0 spiro atoms. The summed E-state index contributed by atoms with van der Waals surface area (Å²) in [6.45, 7) is 4.03. The standard InChI is InChI=1S/C14H17ClN2O3/c1-3-8(2)17-11-5-4-9(15)6-10(11)16-14(17)12(18)7-13(19)20/h4-6,8,12,18H,3,7H2,1-2H3,(H,19,20)/t8-,12-/m0/s1. The van der Waals surface area contributed by atoms with Crippen molar-refractivity contribution >= 4 is 28.6 Å². The van der Waals surface area contributed by atoms with Crippen molar-refractivity contribution in [2.45, 2.75) is 38.8 Å². The van der Waals surface area contributed by atoms with Crippen LogP contribution in [0.25, 0.3) is 11.0 Å². The van der Waals surface area contributed by atoms with Crippen molar-refractivity contribution in [3.05, 3.63) is 29.0 Å². The number of hydrogen-bond acceptors (Lipinski definition) is 3. The Morgan fingerprint density at radius 3 is 2.80 bits per heavy atom.